The van der Waals surface area contributed by atoms with Gasteiger partial charge >= 0.3 is 0 Å². The highest BCUT2D eigenvalue weighted by Crippen LogP contribution is 2.52. The summed E-state index contributed by atoms with van der Waals surface area (Å²) in [5.41, 5.74) is 4.03. The fourth-order valence-corrected chi connectivity index (χ4v) is 4.33. The SMILES string of the molecule is CC(=CN1c2c(F)cccc2C2CN(C)CCC21C)c1ccncc1. The number of hydrogen-bond acceptors (Lipinski definition) is 3. The van der Waals surface area contributed by atoms with Gasteiger partial charge in [-0.05, 0) is 62.2 Å². The molecule has 0 spiro atoms. The summed E-state index contributed by atoms with van der Waals surface area (Å²) in [6, 6.07) is 9.51. The van der Waals surface area contributed by atoms with Crippen LogP contribution in [0, 0.1) is 5.82 Å². The Morgan fingerprint density at radius 3 is 2.80 bits per heavy atom. The molecule has 1 fully saturated rings. The molecule has 25 heavy (non-hydrogen) atoms. The second kappa shape index (κ2) is 5.95. The predicted molar refractivity (Wildman–Crippen MR) is 100 cm³/mol. The van der Waals surface area contributed by atoms with Crippen molar-refractivity contribution >= 4 is 11.3 Å². The van der Waals surface area contributed by atoms with Gasteiger partial charge in [0.1, 0.15) is 5.82 Å². The molecular formula is C21H24FN3. The van der Waals surface area contributed by atoms with Crippen LogP contribution < -0.4 is 4.90 Å². The number of hydrogen-bond donors (Lipinski definition) is 0. The van der Waals surface area contributed by atoms with Crippen molar-refractivity contribution in [3.8, 4) is 0 Å². The quantitative estimate of drug-likeness (QED) is 0.815. The molecule has 2 unspecified atom stereocenters. The normalized spacial score (nSPS) is 26.5. The minimum atomic E-state index is -0.130. The Morgan fingerprint density at radius 2 is 2.04 bits per heavy atom. The zero-order chi connectivity index (χ0) is 17.6. The number of para-hydroxylation sites is 1. The van der Waals surface area contributed by atoms with Crippen molar-refractivity contribution in [3.63, 3.8) is 0 Å². The van der Waals surface area contributed by atoms with E-state index in [-0.39, 0.29) is 11.4 Å². The van der Waals surface area contributed by atoms with Gasteiger partial charge in [0.2, 0.25) is 0 Å². The number of halogens is 1. The molecule has 3 nitrogen and oxygen atoms in total. The average Bonchev–Trinajstić information content (AvgIpc) is 2.86. The molecule has 2 aliphatic rings. The van der Waals surface area contributed by atoms with Crippen LogP contribution >= 0.6 is 0 Å². The zero-order valence-electron chi connectivity index (χ0n) is 15.0. The van der Waals surface area contributed by atoms with Gasteiger partial charge in [-0.3, -0.25) is 4.98 Å². The van der Waals surface area contributed by atoms with Crippen LogP contribution in [0.1, 0.15) is 37.3 Å². The van der Waals surface area contributed by atoms with Crippen molar-refractivity contribution in [2.45, 2.75) is 31.7 Å². The van der Waals surface area contributed by atoms with E-state index < -0.39 is 0 Å². The molecule has 2 aromatic rings. The lowest BCUT2D eigenvalue weighted by Gasteiger charge is -2.45. The zero-order valence-corrected chi connectivity index (χ0v) is 15.0. The second-order valence-corrected chi connectivity index (χ2v) is 7.52. The highest BCUT2D eigenvalue weighted by Gasteiger charge is 2.50. The van der Waals surface area contributed by atoms with E-state index >= 15 is 0 Å². The molecule has 130 valence electrons. The van der Waals surface area contributed by atoms with Crippen molar-refractivity contribution in [3.05, 3.63) is 65.9 Å². The Morgan fingerprint density at radius 1 is 1.28 bits per heavy atom. The maximum absolute atomic E-state index is 14.8. The topological polar surface area (TPSA) is 19.4 Å². The van der Waals surface area contributed by atoms with Crippen molar-refractivity contribution in [1.29, 1.82) is 0 Å². The molecule has 3 heterocycles. The summed E-state index contributed by atoms with van der Waals surface area (Å²) in [7, 11) is 2.15. The lowest BCUT2D eigenvalue weighted by Crippen LogP contribution is -2.52. The Labute approximate surface area is 148 Å². The molecule has 4 rings (SSSR count). The maximum atomic E-state index is 14.8. The molecule has 0 saturated carbocycles. The minimum Gasteiger partial charge on any atom is -0.339 e. The molecule has 0 N–H and O–H groups in total. The fraction of sp³-hybridized carbons (Fsp3) is 0.381. The third kappa shape index (κ3) is 2.56. The minimum absolute atomic E-state index is 0.0919. The van der Waals surface area contributed by atoms with Crippen LogP contribution in [0.3, 0.4) is 0 Å². The van der Waals surface area contributed by atoms with Crippen LogP contribution in [-0.4, -0.2) is 35.6 Å². The molecule has 0 aliphatic carbocycles. The van der Waals surface area contributed by atoms with E-state index in [9.17, 15) is 4.39 Å². The molecule has 1 aromatic heterocycles. The summed E-state index contributed by atoms with van der Waals surface area (Å²) in [5, 5.41) is 0. The third-order valence-corrected chi connectivity index (χ3v) is 5.89. The number of rotatable bonds is 2. The van der Waals surface area contributed by atoms with Gasteiger partial charge in [0.15, 0.2) is 0 Å². The van der Waals surface area contributed by atoms with Crippen molar-refractivity contribution in [1.82, 2.24) is 9.88 Å². The third-order valence-electron chi connectivity index (χ3n) is 5.89. The van der Waals surface area contributed by atoms with E-state index in [0.717, 1.165) is 41.9 Å². The van der Waals surface area contributed by atoms with Crippen LogP contribution in [0.2, 0.25) is 0 Å². The van der Waals surface area contributed by atoms with Gasteiger partial charge in [-0.1, -0.05) is 12.1 Å². The molecule has 1 aromatic carbocycles. The fourth-order valence-electron chi connectivity index (χ4n) is 4.33. The highest BCUT2D eigenvalue weighted by atomic mass is 19.1. The maximum Gasteiger partial charge on any atom is 0.147 e. The number of fused-ring (bicyclic) bond motifs is 3. The van der Waals surface area contributed by atoms with Gasteiger partial charge in [-0.15, -0.1) is 0 Å². The molecular weight excluding hydrogens is 313 g/mol. The molecule has 2 aliphatic heterocycles. The van der Waals surface area contributed by atoms with Crippen LogP contribution in [0.4, 0.5) is 10.1 Å². The predicted octanol–water partition coefficient (Wildman–Crippen LogP) is 4.28. The Kier molecular flexibility index (Phi) is 3.88. The van der Waals surface area contributed by atoms with Gasteiger partial charge in [0.25, 0.3) is 0 Å². The van der Waals surface area contributed by atoms with Gasteiger partial charge in [0, 0.05) is 37.6 Å². The molecule has 2 atom stereocenters. The van der Waals surface area contributed by atoms with Crippen LogP contribution in [-0.2, 0) is 0 Å². The lowest BCUT2D eigenvalue weighted by atomic mass is 9.78. The van der Waals surface area contributed by atoms with Crippen LogP contribution in [0.25, 0.3) is 5.57 Å². The van der Waals surface area contributed by atoms with E-state index in [1.54, 1.807) is 18.5 Å². The van der Waals surface area contributed by atoms with Crippen LogP contribution in [0.15, 0.2) is 48.9 Å². The van der Waals surface area contributed by atoms with E-state index in [1.807, 2.05) is 18.2 Å². The number of pyridine rings is 1. The molecule has 0 amide bonds. The largest absolute Gasteiger partial charge is 0.339 e. The summed E-state index contributed by atoms with van der Waals surface area (Å²) in [6.07, 6.45) is 6.74. The number of benzene rings is 1. The molecule has 0 radical (unpaired) electrons. The summed E-state index contributed by atoms with van der Waals surface area (Å²) in [5.74, 6) is 0.188. The monoisotopic (exact) mass is 337 g/mol. The Hall–Kier alpha value is -2.20. The first-order chi connectivity index (χ1) is 12.0. The van der Waals surface area contributed by atoms with Crippen molar-refractivity contribution in [2.24, 2.45) is 0 Å². The summed E-state index contributed by atoms with van der Waals surface area (Å²) < 4.78 is 14.8. The van der Waals surface area contributed by atoms with Crippen molar-refractivity contribution < 1.29 is 4.39 Å². The molecule has 1 saturated heterocycles. The van der Waals surface area contributed by atoms with Crippen LogP contribution in [0.5, 0.6) is 0 Å². The number of nitrogens with zero attached hydrogens (tertiary/aromatic N) is 3. The Balaban J connectivity index is 1.84. The first-order valence-corrected chi connectivity index (χ1v) is 8.86. The van der Waals surface area contributed by atoms with Crippen molar-refractivity contribution in [2.75, 3.05) is 25.0 Å². The lowest BCUT2D eigenvalue weighted by molar-refractivity contribution is 0.181. The highest BCUT2D eigenvalue weighted by molar-refractivity contribution is 5.73. The van der Waals surface area contributed by atoms with E-state index in [4.69, 9.17) is 0 Å². The van der Waals surface area contributed by atoms with E-state index in [1.165, 1.54) is 0 Å². The number of likely N-dealkylation sites (N-methyl/N-ethyl adjacent to an activating group) is 1. The van der Waals surface area contributed by atoms with Gasteiger partial charge < -0.3 is 9.80 Å². The average molecular weight is 337 g/mol. The number of likely N-dealkylation sites (tertiary alicyclic amines) is 1. The standard InChI is InChI=1S/C21H24FN3/c1-15(16-7-10-23-11-8-16)13-25-20-17(5-4-6-19(20)22)18-14-24(3)12-9-21(18,25)2/h4-8,10-11,13,18H,9,12,14H2,1-3H3. The summed E-state index contributed by atoms with van der Waals surface area (Å²) in [6.45, 7) is 6.36. The molecule has 4 heteroatoms. The number of aromatic nitrogens is 1. The van der Waals surface area contributed by atoms with Gasteiger partial charge in [-0.25, -0.2) is 4.39 Å². The number of anilines is 1. The second-order valence-electron chi connectivity index (χ2n) is 7.52. The van der Waals surface area contributed by atoms with E-state index in [2.05, 4.69) is 47.9 Å². The van der Waals surface area contributed by atoms with Gasteiger partial charge in [0.05, 0.1) is 11.2 Å². The smallest absolute Gasteiger partial charge is 0.147 e. The summed E-state index contributed by atoms with van der Waals surface area (Å²) >= 11 is 0. The first kappa shape index (κ1) is 16.3. The number of allylic oxidation sites excluding steroid dienone is 1. The van der Waals surface area contributed by atoms with Gasteiger partial charge in [-0.2, -0.15) is 0 Å². The number of piperidine rings is 1. The Bertz CT molecular complexity index is 817. The summed E-state index contributed by atoms with van der Waals surface area (Å²) in [4.78, 5) is 8.64. The molecule has 0 bridgehead atoms. The first-order valence-electron chi connectivity index (χ1n) is 8.86. The van der Waals surface area contributed by atoms with E-state index in [0.29, 0.717) is 5.92 Å².